The molecule has 1 unspecified atom stereocenters. The summed E-state index contributed by atoms with van der Waals surface area (Å²) in [7, 11) is 0. The van der Waals surface area contributed by atoms with Crippen molar-refractivity contribution in [3.8, 4) is 0 Å². The zero-order valence-electron chi connectivity index (χ0n) is 17.6. The topological polar surface area (TPSA) is 106 Å². The number of benzene rings is 1. The molecular formula is C22H23N3O5S. The molecule has 3 amide bonds. The molecule has 1 aliphatic carbocycles. The number of fused-ring (bicyclic) bond motifs is 2. The molecule has 2 aromatic rings. The highest BCUT2D eigenvalue weighted by Crippen LogP contribution is 2.33. The van der Waals surface area contributed by atoms with Gasteiger partial charge < -0.3 is 4.74 Å². The third kappa shape index (κ3) is 3.85. The van der Waals surface area contributed by atoms with Gasteiger partial charge in [-0.05, 0) is 58.2 Å². The van der Waals surface area contributed by atoms with Crippen LogP contribution in [-0.2, 0) is 22.4 Å². The Morgan fingerprint density at radius 2 is 2.00 bits per heavy atom. The zero-order valence-corrected chi connectivity index (χ0v) is 18.4. The van der Waals surface area contributed by atoms with Gasteiger partial charge >= 0.3 is 5.97 Å². The fourth-order valence-corrected chi connectivity index (χ4v) is 5.01. The molecule has 0 spiro atoms. The smallest absolute Gasteiger partial charge is 0.309 e. The largest absolute Gasteiger partial charge is 0.466 e. The van der Waals surface area contributed by atoms with Crippen LogP contribution < -0.4 is 5.32 Å². The number of imide groups is 1. The van der Waals surface area contributed by atoms with E-state index in [-0.39, 0.29) is 40.9 Å². The van der Waals surface area contributed by atoms with Crippen molar-refractivity contribution in [2.45, 2.75) is 46.1 Å². The van der Waals surface area contributed by atoms with E-state index in [0.29, 0.717) is 36.6 Å². The number of aromatic nitrogens is 1. The minimum atomic E-state index is -0.404. The Balaban J connectivity index is 1.49. The number of rotatable bonds is 5. The number of hydrogen-bond acceptors (Lipinski definition) is 7. The van der Waals surface area contributed by atoms with Crippen LogP contribution in [0.4, 0.5) is 5.13 Å². The number of carbonyl (C=O) groups excluding carboxylic acids is 4. The number of esters is 1. The second-order valence-electron chi connectivity index (χ2n) is 7.87. The van der Waals surface area contributed by atoms with E-state index in [1.54, 1.807) is 20.8 Å². The lowest BCUT2D eigenvalue weighted by atomic mass is 9.91. The van der Waals surface area contributed by atoms with Crippen LogP contribution in [0, 0.1) is 5.92 Å². The van der Waals surface area contributed by atoms with Crippen LogP contribution >= 0.6 is 11.3 Å². The van der Waals surface area contributed by atoms with Crippen LogP contribution in [-0.4, -0.2) is 46.2 Å². The van der Waals surface area contributed by atoms with Gasteiger partial charge in [0.05, 0.1) is 29.3 Å². The van der Waals surface area contributed by atoms with E-state index in [1.807, 2.05) is 0 Å². The molecule has 162 valence electrons. The summed E-state index contributed by atoms with van der Waals surface area (Å²) in [6, 6.07) is 4.25. The molecule has 31 heavy (non-hydrogen) atoms. The summed E-state index contributed by atoms with van der Waals surface area (Å²) in [6.07, 6.45) is 1.89. The van der Waals surface area contributed by atoms with Crippen molar-refractivity contribution in [3.63, 3.8) is 0 Å². The normalized spacial score (nSPS) is 17.5. The van der Waals surface area contributed by atoms with Gasteiger partial charge in [0, 0.05) is 16.5 Å². The molecule has 1 atom stereocenters. The molecule has 2 heterocycles. The summed E-state index contributed by atoms with van der Waals surface area (Å²) in [6.45, 7) is 5.68. The average molecular weight is 442 g/mol. The number of thiazole rings is 1. The molecule has 1 aromatic carbocycles. The summed E-state index contributed by atoms with van der Waals surface area (Å²) in [5, 5.41) is 3.23. The maximum absolute atomic E-state index is 12.8. The van der Waals surface area contributed by atoms with E-state index in [1.165, 1.54) is 34.4 Å². The van der Waals surface area contributed by atoms with Gasteiger partial charge in [-0.25, -0.2) is 4.98 Å². The minimum absolute atomic E-state index is 0.180. The van der Waals surface area contributed by atoms with E-state index in [2.05, 4.69) is 10.3 Å². The molecule has 4 rings (SSSR count). The molecule has 1 aliphatic heterocycles. The monoisotopic (exact) mass is 441 g/mol. The second-order valence-corrected chi connectivity index (χ2v) is 8.95. The van der Waals surface area contributed by atoms with Crippen molar-refractivity contribution < 1.29 is 23.9 Å². The molecule has 2 aliphatic rings. The van der Waals surface area contributed by atoms with Crippen molar-refractivity contribution in [1.82, 2.24) is 9.88 Å². The molecule has 0 saturated heterocycles. The van der Waals surface area contributed by atoms with Gasteiger partial charge in [-0.1, -0.05) is 0 Å². The van der Waals surface area contributed by atoms with Gasteiger partial charge in [0.25, 0.3) is 17.7 Å². The third-order valence-electron chi connectivity index (χ3n) is 5.48. The van der Waals surface area contributed by atoms with Crippen molar-refractivity contribution in [2.75, 3.05) is 11.9 Å². The second kappa shape index (κ2) is 8.22. The highest BCUT2D eigenvalue weighted by molar-refractivity contribution is 7.15. The number of nitrogens with one attached hydrogen (secondary N) is 1. The fraction of sp³-hybridized carbons (Fsp3) is 0.409. The van der Waals surface area contributed by atoms with Crippen LogP contribution in [0.5, 0.6) is 0 Å². The lowest BCUT2D eigenvalue weighted by Gasteiger charge is -2.18. The van der Waals surface area contributed by atoms with Gasteiger partial charge in [-0.15, -0.1) is 11.3 Å². The summed E-state index contributed by atoms with van der Waals surface area (Å²) in [5.74, 6) is -1.51. The lowest BCUT2D eigenvalue weighted by molar-refractivity contribution is -0.148. The van der Waals surface area contributed by atoms with Gasteiger partial charge in [0.15, 0.2) is 5.13 Å². The molecule has 1 N–H and O–H groups in total. The Hall–Kier alpha value is -3.07. The highest BCUT2D eigenvalue weighted by Gasteiger charge is 2.37. The van der Waals surface area contributed by atoms with Gasteiger partial charge in [0.2, 0.25) is 0 Å². The molecule has 8 nitrogen and oxygen atoms in total. The number of ether oxygens (including phenoxy) is 1. The fourth-order valence-electron chi connectivity index (χ4n) is 3.93. The Kier molecular flexibility index (Phi) is 5.62. The molecule has 9 heteroatoms. The van der Waals surface area contributed by atoms with E-state index < -0.39 is 5.91 Å². The Morgan fingerprint density at radius 1 is 1.26 bits per heavy atom. The van der Waals surface area contributed by atoms with Gasteiger partial charge in [-0.2, -0.15) is 0 Å². The number of aryl methyl sites for hydroxylation is 1. The molecule has 1 aromatic heterocycles. The third-order valence-corrected chi connectivity index (χ3v) is 6.51. The molecular weight excluding hydrogens is 418 g/mol. The Labute approximate surface area is 183 Å². The zero-order chi connectivity index (χ0) is 22.3. The van der Waals surface area contributed by atoms with E-state index in [0.717, 1.165) is 10.6 Å². The van der Waals surface area contributed by atoms with E-state index in [9.17, 15) is 19.2 Å². The Morgan fingerprint density at radius 3 is 2.71 bits per heavy atom. The van der Waals surface area contributed by atoms with Crippen molar-refractivity contribution in [1.29, 1.82) is 0 Å². The molecule has 0 bridgehead atoms. The van der Waals surface area contributed by atoms with Crippen LogP contribution in [0.1, 0.15) is 68.8 Å². The predicted octanol–water partition coefficient (Wildman–Crippen LogP) is 3.07. The minimum Gasteiger partial charge on any atom is -0.466 e. The number of carbonyl (C=O) groups is 4. The summed E-state index contributed by atoms with van der Waals surface area (Å²) in [5.41, 5.74) is 1.72. The molecule has 0 radical (unpaired) electrons. The van der Waals surface area contributed by atoms with E-state index >= 15 is 0 Å². The number of nitrogens with zero attached hydrogens (tertiary/aromatic N) is 2. The lowest BCUT2D eigenvalue weighted by Crippen LogP contribution is -2.35. The van der Waals surface area contributed by atoms with Crippen molar-refractivity contribution in [2.24, 2.45) is 5.92 Å². The van der Waals surface area contributed by atoms with Gasteiger partial charge in [0.1, 0.15) is 0 Å². The van der Waals surface area contributed by atoms with Gasteiger partial charge in [-0.3, -0.25) is 29.4 Å². The number of anilines is 1. The van der Waals surface area contributed by atoms with Crippen LogP contribution in [0.3, 0.4) is 0 Å². The summed E-state index contributed by atoms with van der Waals surface area (Å²) >= 11 is 1.35. The summed E-state index contributed by atoms with van der Waals surface area (Å²) in [4.78, 5) is 56.4. The maximum atomic E-state index is 12.8. The first kappa shape index (κ1) is 21.2. The number of amides is 3. The summed E-state index contributed by atoms with van der Waals surface area (Å²) < 4.78 is 5.12. The van der Waals surface area contributed by atoms with Crippen LogP contribution in [0.25, 0.3) is 0 Å². The highest BCUT2D eigenvalue weighted by atomic mass is 32.1. The first-order valence-electron chi connectivity index (χ1n) is 10.3. The molecule has 0 fully saturated rings. The quantitative estimate of drug-likeness (QED) is 0.565. The van der Waals surface area contributed by atoms with Crippen LogP contribution in [0.2, 0.25) is 0 Å². The average Bonchev–Trinajstić information content (AvgIpc) is 3.25. The first-order valence-corrected chi connectivity index (χ1v) is 11.1. The predicted molar refractivity (Wildman–Crippen MR) is 114 cm³/mol. The van der Waals surface area contributed by atoms with Crippen LogP contribution in [0.15, 0.2) is 18.2 Å². The SMILES string of the molecule is CCOC(=O)C1CCc2nc(NC(=O)c3ccc4c(c3)C(=O)N(C(C)C)C4=O)sc2C1. The number of hydrogen-bond donors (Lipinski definition) is 1. The maximum Gasteiger partial charge on any atom is 0.309 e. The Bertz CT molecular complexity index is 1090. The van der Waals surface area contributed by atoms with Crippen molar-refractivity contribution >= 4 is 40.2 Å². The van der Waals surface area contributed by atoms with E-state index in [4.69, 9.17) is 4.74 Å². The first-order chi connectivity index (χ1) is 14.8. The standard InChI is InChI=1S/C22H23N3O5S/c1-4-30-21(29)13-6-8-16-17(10-13)31-22(23-16)24-18(26)12-5-7-14-15(9-12)20(28)25(11(2)3)19(14)27/h5,7,9,11,13H,4,6,8,10H2,1-3H3,(H,23,24,26). The van der Waals surface area contributed by atoms with Crippen molar-refractivity contribution in [3.05, 3.63) is 45.5 Å². The molecule has 0 saturated carbocycles.